The smallest absolute Gasteiger partial charge is 0.479 e. The van der Waals surface area contributed by atoms with Crippen LogP contribution in [-0.4, -0.2) is 47.5 Å². The van der Waals surface area contributed by atoms with Gasteiger partial charge in [0.25, 0.3) is 0 Å². The zero-order valence-corrected chi connectivity index (χ0v) is 24.8. The number of carbonyl (C=O) groups excluding carboxylic acids is 1. The Morgan fingerprint density at radius 3 is 2.33 bits per heavy atom. The normalized spacial score (nSPS) is 27.4. The molecule has 3 atom stereocenters. The molecule has 210 valence electrons. The molecule has 0 aliphatic carbocycles. The van der Waals surface area contributed by atoms with E-state index in [4.69, 9.17) is 30.4 Å². The van der Waals surface area contributed by atoms with E-state index in [9.17, 15) is 4.79 Å². The van der Waals surface area contributed by atoms with E-state index in [2.05, 4.69) is 0 Å². The second kappa shape index (κ2) is 9.39. The molecule has 0 saturated carbocycles. The lowest BCUT2D eigenvalue weighted by molar-refractivity contribution is -0.0310. The molecule has 1 unspecified atom stereocenters. The second-order valence-corrected chi connectivity index (χ2v) is 13.3. The van der Waals surface area contributed by atoms with Crippen LogP contribution in [0.3, 0.4) is 0 Å². The first-order chi connectivity index (χ1) is 18.1. The summed E-state index contributed by atoms with van der Waals surface area (Å²) < 4.78 is 40.8. The highest BCUT2D eigenvalue weighted by atomic mass is 35.5. The lowest BCUT2D eigenvalue weighted by Gasteiger charge is -2.43. The van der Waals surface area contributed by atoms with E-state index in [0.29, 0.717) is 24.2 Å². The third kappa shape index (κ3) is 4.53. The van der Waals surface area contributed by atoms with Gasteiger partial charge in [0.1, 0.15) is 17.2 Å². The predicted octanol–water partition coefficient (Wildman–Crippen LogP) is 6.57. The van der Waals surface area contributed by atoms with Gasteiger partial charge >= 0.3 is 13.2 Å². The Morgan fingerprint density at radius 2 is 1.74 bits per heavy atom. The van der Waals surface area contributed by atoms with Gasteiger partial charge in [-0.2, -0.15) is 0 Å². The number of carbonyl (C=O) groups is 1. The average molecular weight is 558 g/mol. The van der Waals surface area contributed by atoms with Crippen molar-refractivity contribution in [1.82, 2.24) is 4.90 Å². The van der Waals surface area contributed by atoms with Crippen molar-refractivity contribution < 1.29 is 28.0 Å². The highest BCUT2D eigenvalue weighted by Crippen LogP contribution is 2.56. The van der Waals surface area contributed by atoms with Crippen LogP contribution in [0.1, 0.15) is 85.3 Å². The number of fused-ring (bicyclic) bond motifs is 1. The first-order valence-electron chi connectivity index (χ1n) is 13.7. The van der Waals surface area contributed by atoms with Crippen LogP contribution in [0.25, 0.3) is 0 Å². The quantitative estimate of drug-likeness (QED) is 0.400. The molecule has 5 rings (SSSR count). The first-order valence-corrected chi connectivity index (χ1v) is 14.1. The zero-order valence-electron chi connectivity index (χ0n) is 24.1. The Bertz CT molecular complexity index is 1260. The van der Waals surface area contributed by atoms with Crippen molar-refractivity contribution in [2.24, 2.45) is 0 Å². The van der Waals surface area contributed by atoms with Gasteiger partial charge in [-0.25, -0.2) is 9.18 Å². The summed E-state index contributed by atoms with van der Waals surface area (Å²) in [4.78, 5) is 15.2. The number of hydrogen-bond acceptors (Lipinski definition) is 5. The molecule has 3 heterocycles. The summed E-state index contributed by atoms with van der Waals surface area (Å²) in [5.74, 6) is -0.546. The summed E-state index contributed by atoms with van der Waals surface area (Å²) in [5.41, 5.74) is -0.859. The van der Waals surface area contributed by atoms with Gasteiger partial charge in [-0.15, -0.1) is 0 Å². The summed E-state index contributed by atoms with van der Waals surface area (Å²) in [5, 5.41) is -0.0398. The van der Waals surface area contributed by atoms with E-state index in [1.165, 1.54) is 6.07 Å². The maximum absolute atomic E-state index is 15.4. The molecule has 6 nitrogen and oxygen atoms in total. The molecule has 3 aliphatic rings. The van der Waals surface area contributed by atoms with Crippen LogP contribution in [0.5, 0.6) is 5.75 Å². The third-order valence-electron chi connectivity index (χ3n) is 8.70. The van der Waals surface area contributed by atoms with Crippen LogP contribution in [0.15, 0.2) is 36.4 Å². The molecule has 2 aromatic carbocycles. The molecule has 0 radical (unpaired) electrons. The summed E-state index contributed by atoms with van der Waals surface area (Å²) in [6, 6.07) is 10.8. The molecule has 0 spiro atoms. The number of likely N-dealkylation sites (tertiary alicyclic amines) is 1. The monoisotopic (exact) mass is 557 g/mol. The molecular weight excluding hydrogens is 520 g/mol. The molecule has 2 aromatic rings. The molecule has 2 saturated heterocycles. The molecule has 0 bridgehead atoms. The van der Waals surface area contributed by atoms with Crippen molar-refractivity contribution in [1.29, 1.82) is 0 Å². The standard InChI is InChI=1S/C30H38BClFNO5/c1-18-23-21(17-20(33)25(32)24(23)31-38-28(5,6)29(7,8)39-31)36-30(18,19-13-10-9-11-14-19)22-15-12-16-34(22)26(35)37-27(2,3)4/h9-11,13-14,17-18,22H,12,15-16H2,1-8H3/t18-,22?,30-/m0/s1. The van der Waals surface area contributed by atoms with Gasteiger partial charge in [0.15, 0.2) is 5.60 Å². The predicted molar refractivity (Wildman–Crippen MR) is 150 cm³/mol. The minimum Gasteiger partial charge on any atom is -0.479 e. The fraction of sp³-hybridized carbons (Fsp3) is 0.567. The van der Waals surface area contributed by atoms with Gasteiger partial charge in [-0.05, 0) is 66.9 Å². The second-order valence-electron chi connectivity index (χ2n) is 12.9. The molecule has 0 aromatic heterocycles. The summed E-state index contributed by atoms with van der Waals surface area (Å²) in [6.45, 7) is 16.0. The summed E-state index contributed by atoms with van der Waals surface area (Å²) in [7, 11) is -0.880. The fourth-order valence-electron chi connectivity index (χ4n) is 6.15. The van der Waals surface area contributed by atoms with Gasteiger partial charge in [-0.1, -0.05) is 48.9 Å². The van der Waals surface area contributed by atoms with Crippen molar-refractivity contribution in [3.05, 3.63) is 58.4 Å². The van der Waals surface area contributed by atoms with Crippen LogP contribution < -0.4 is 10.2 Å². The first kappa shape index (κ1) is 28.3. The van der Waals surface area contributed by atoms with Gasteiger partial charge in [0.2, 0.25) is 0 Å². The van der Waals surface area contributed by atoms with E-state index in [1.54, 1.807) is 4.90 Å². The summed E-state index contributed by atoms with van der Waals surface area (Å²) in [6.07, 6.45) is 1.11. The van der Waals surface area contributed by atoms with Gasteiger partial charge in [0, 0.05) is 29.6 Å². The Kier molecular flexibility index (Phi) is 6.80. The van der Waals surface area contributed by atoms with Crippen molar-refractivity contribution in [3.63, 3.8) is 0 Å². The molecule has 1 amide bonds. The van der Waals surface area contributed by atoms with Crippen LogP contribution in [0.4, 0.5) is 9.18 Å². The molecule has 9 heteroatoms. The van der Waals surface area contributed by atoms with E-state index < -0.39 is 35.3 Å². The molecule has 39 heavy (non-hydrogen) atoms. The maximum Gasteiger partial charge on any atom is 0.496 e. The highest BCUT2D eigenvalue weighted by Gasteiger charge is 2.60. The number of ether oxygens (including phenoxy) is 2. The van der Waals surface area contributed by atoms with E-state index >= 15 is 4.39 Å². The van der Waals surface area contributed by atoms with Crippen LogP contribution >= 0.6 is 11.6 Å². The van der Waals surface area contributed by atoms with Crippen LogP contribution in [0, 0.1) is 5.82 Å². The number of halogens is 2. The lowest BCUT2D eigenvalue weighted by Crippen LogP contribution is -2.54. The van der Waals surface area contributed by atoms with Crippen LogP contribution in [0.2, 0.25) is 5.02 Å². The maximum atomic E-state index is 15.4. The van der Waals surface area contributed by atoms with E-state index in [-0.39, 0.29) is 23.1 Å². The summed E-state index contributed by atoms with van der Waals surface area (Å²) >= 11 is 6.68. The van der Waals surface area contributed by atoms with Crippen molar-refractivity contribution in [2.75, 3.05) is 6.54 Å². The minimum absolute atomic E-state index is 0.0398. The van der Waals surface area contributed by atoms with Gasteiger partial charge < -0.3 is 23.7 Å². The largest absolute Gasteiger partial charge is 0.496 e. The Labute approximate surface area is 236 Å². The van der Waals surface area contributed by atoms with Crippen molar-refractivity contribution in [3.8, 4) is 5.75 Å². The molecule has 0 N–H and O–H groups in total. The van der Waals surface area contributed by atoms with Gasteiger partial charge in [-0.3, -0.25) is 0 Å². The number of benzene rings is 2. The Hall–Kier alpha value is -2.29. The fourth-order valence-corrected chi connectivity index (χ4v) is 6.40. The molecular formula is C30H38BClFNO5. The molecule has 3 aliphatic heterocycles. The Morgan fingerprint density at radius 1 is 1.13 bits per heavy atom. The number of amides is 1. The SMILES string of the molecule is C[C@H]1c2c(cc(F)c(Cl)c2B2OC(C)(C)C(C)(C)O2)O[C@@]1(c1ccccc1)C1CCCN1C(=O)OC(C)(C)C. The number of rotatable bonds is 3. The molecule has 2 fully saturated rings. The van der Waals surface area contributed by atoms with E-state index in [1.807, 2.05) is 85.7 Å². The number of hydrogen-bond donors (Lipinski definition) is 0. The average Bonchev–Trinajstić information content (AvgIpc) is 3.48. The number of nitrogens with zero attached hydrogens (tertiary/aromatic N) is 1. The highest BCUT2D eigenvalue weighted by molar-refractivity contribution is 6.66. The zero-order chi connectivity index (χ0) is 28.5. The van der Waals surface area contributed by atoms with Crippen LogP contribution in [-0.2, 0) is 19.6 Å². The minimum atomic E-state index is -1.01. The Balaban J connectivity index is 1.66. The van der Waals surface area contributed by atoms with Gasteiger partial charge in [0.05, 0.1) is 22.3 Å². The van der Waals surface area contributed by atoms with Crippen molar-refractivity contribution in [2.45, 2.75) is 103 Å². The topological polar surface area (TPSA) is 57.2 Å². The van der Waals surface area contributed by atoms with Crippen molar-refractivity contribution >= 4 is 30.3 Å². The third-order valence-corrected chi connectivity index (χ3v) is 9.09. The lowest BCUT2D eigenvalue weighted by atomic mass is 9.67. The van der Waals surface area contributed by atoms with E-state index in [0.717, 1.165) is 17.5 Å².